The van der Waals surface area contributed by atoms with Crippen molar-refractivity contribution in [2.45, 2.75) is 6.61 Å². The average molecular weight is 305 g/mol. The van der Waals surface area contributed by atoms with Crippen molar-refractivity contribution in [3.8, 4) is 5.75 Å². The number of anilines is 1. The summed E-state index contributed by atoms with van der Waals surface area (Å²) >= 11 is 0. The Morgan fingerprint density at radius 1 is 0.952 bits per heavy atom. The van der Waals surface area contributed by atoms with E-state index in [2.05, 4.69) is 15.1 Å². The van der Waals surface area contributed by atoms with Gasteiger partial charge in [0.15, 0.2) is 5.75 Å². The first-order valence-electron chi connectivity index (χ1n) is 5.51. The third-order valence-corrected chi connectivity index (χ3v) is 2.53. The molecular formula is C12H8F5N3O. The van der Waals surface area contributed by atoms with E-state index in [1.807, 2.05) is 0 Å². The van der Waals surface area contributed by atoms with Crippen LogP contribution in [0.25, 0.3) is 0 Å². The van der Waals surface area contributed by atoms with E-state index in [9.17, 15) is 22.0 Å². The number of aromatic nitrogens is 1. The molecule has 4 nitrogen and oxygen atoms in total. The molecule has 0 spiro atoms. The predicted octanol–water partition coefficient (Wildman–Crippen LogP) is 2.64. The van der Waals surface area contributed by atoms with Gasteiger partial charge in [-0.2, -0.15) is 8.78 Å². The highest BCUT2D eigenvalue weighted by molar-refractivity contribution is 5.34. The van der Waals surface area contributed by atoms with Crippen LogP contribution in [0, 0.1) is 29.1 Å². The molecule has 1 aromatic carbocycles. The summed E-state index contributed by atoms with van der Waals surface area (Å²) in [4.78, 5) is 3.79. The van der Waals surface area contributed by atoms with Crippen molar-refractivity contribution < 1.29 is 26.7 Å². The highest BCUT2D eigenvalue weighted by Crippen LogP contribution is 2.29. The molecule has 0 radical (unpaired) electrons. The van der Waals surface area contributed by atoms with E-state index in [1.54, 1.807) is 0 Å². The number of ether oxygens (including phenoxy) is 1. The largest absolute Gasteiger partial charge is 0.483 e. The van der Waals surface area contributed by atoms with Gasteiger partial charge >= 0.3 is 0 Å². The van der Waals surface area contributed by atoms with Gasteiger partial charge in [-0.25, -0.2) is 24.0 Å². The summed E-state index contributed by atoms with van der Waals surface area (Å²) in [7, 11) is 0. The van der Waals surface area contributed by atoms with E-state index in [4.69, 9.17) is 5.84 Å². The Labute approximate surface area is 115 Å². The lowest BCUT2D eigenvalue weighted by Gasteiger charge is -2.10. The number of halogens is 5. The number of nitrogens with two attached hydrogens (primary N) is 1. The maximum Gasteiger partial charge on any atom is 0.207 e. The van der Waals surface area contributed by atoms with E-state index in [1.165, 1.54) is 18.3 Å². The molecule has 0 fully saturated rings. The second-order valence-corrected chi connectivity index (χ2v) is 3.88. The summed E-state index contributed by atoms with van der Waals surface area (Å²) in [6.45, 7) is -0.434. The lowest BCUT2D eigenvalue weighted by atomic mass is 10.2. The van der Waals surface area contributed by atoms with Crippen LogP contribution in [0.15, 0.2) is 18.3 Å². The van der Waals surface area contributed by atoms with Crippen molar-refractivity contribution >= 4 is 5.82 Å². The number of nitrogen functional groups attached to an aromatic ring is 1. The van der Waals surface area contributed by atoms with Gasteiger partial charge in [0.1, 0.15) is 12.4 Å². The maximum absolute atomic E-state index is 13.3. The number of nitrogens with one attached hydrogen (secondary N) is 1. The summed E-state index contributed by atoms with van der Waals surface area (Å²) in [5, 5.41) is 0. The van der Waals surface area contributed by atoms with Crippen LogP contribution in [0.2, 0.25) is 0 Å². The van der Waals surface area contributed by atoms with Crippen LogP contribution >= 0.6 is 0 Å². The normalized spacial score (nSPS) is 10.6. The Balaban J connectivity index is 2.23. The van der Waals surface area contributed by atoms with E-state index in [0.717, 1.165) is 0 Å². The van der Waals surface area contributed by atoms with Gasteiger partial charge in [-0.15, -0.1) is 0 Å². The first-order valence-corrected chi connectivity index (χ1v) is 5.51. The van der Waals surface area contributed by atoms with Crippen LogP contribution in [0.4, 0.5) is 27.8 Å². The molecule has 0 saturated heterocycles. The van der Waals surface area contributed by atoms with Crippen LogP contribution in [0.3, 0.4) is 0 Å². The van der Waals surface area contributed by atoms with Crippen molar-refractivity contribution in [2.75, 3.05) is 5.43 Å². The number of hydrazine groups is 1. The zero-order valence-electron chi connectivity index (χ0n) is 10.3. The van der Waals surface area contributed by atoms with Crippen molar-refractivity contribution in [3.05, 3.63) is 53.0 Å². The van der Waals surface area contributed by atoms with Crippen molar-refractivity contribution in [3.63, 3.8) is 0 Å². The lowest BCUT2D eigenvalue weighted by molar-refractivity contribution is 0.253. The molecule has 0 unspecified atom stereocenters. The molecule has 0 saturated carbocycles. The molecule has 0 atom stereocenters. The number of hydrogen-bond acceptors (Lipinski definition) is 4. The average Bonchev–Trinajstić information content (AvgIpc) is 2.51. The van der Waals surface area contributed by atoms with Gasteiger partial charge in [0.05, 0.1) is 0 Å². The van der Waals surface area contributed by atoms with E-state index in [0.29, 0.717) is 11.4 Å². The molecule has 0 amide bonds. The fraction of sp³-hybridized carbons (Fsp3) is 0.0833. The fourth-order valence-electron chi connectivity index (χ4n) is 1.46. The molecule has 2 aromatic rings. The molecule has 9 heteroatoms. The first kappa shape index (κ1) is 15.0. The van der Waals surface area contributed by atoms with E-state index in [-0.39, 0.29) is 0 Å². The minimum atomic E-state index is -2.24. The Morgan fingerprint density at radius 2 is 1.52 bits per heavy atom. The summed E-state index contributed by atoms with van der Waals surface area (Å²) < 4.78 is 70.1. The van der Waals surface area contributed by atoms with Gasteiger partial charge in [0.25, 0.3) is 0 Å². The van der Waals surface area contributed by atoms with Gasteiger partial charge in [-0.05, 0) is 6.07 Å². The minimum absolute atomic E-state index is 0.329. The molecule has 0 bridgehead atoms. The quantitative estimate of drug-likeness (QED) is 0.300. The van der Waals surface area contributed by atoms with Crippen LogP contribution < -0.4 is 16.0 Å². The molecule has 3 N–H and O–H groups in total. The molecule has 1 heterocycles. The molecule has 21 heavy (non-hydrogen) atoms. The third-order valence-electron chi connectivity index (χ3n) is 2.53. The fourth-order valence-corrected chi connectivity index (χ4v) is 1.46. The first-order chi connectivity index (χ1) is 9.95. The minimum Gasteiger partial charge on any atom is -0.483 e. The highest BCUT2D eigenvalue weighted by atomic mass is 19.2. The summed E-state index contributed by atoms with van der Waals surface area (Å²) in [5.74, 6) is -6.35. The molecule has 112 valence electrons. The van der Waals surface area contributed by atoms with Crippen molar-refractivity contribution in [1.29, 1.82) is 0 Å². The number of hydrogen-bond donors (Lipinski definition) is 2. The zero-order chi connectivity index (χ0) is 15.6. The zero-order valence-corrected chi connectivity index (χ0v) is 10.3. The van der Waals surface area contributed by atoms with Crippen LogP contribution in [0.5, 0.6) is 5.75 Å². The van der Waals surface area contributed by atoms with Crippen molar-refractivity contribution in [1.82, 2.24) is 4.98 Å². The van der Waals surface area contributed by atoms with Gasteiger partial charge in [-0.1, -0.05) is 6.07 Å². The van der Waals surface area contributed by atoms with Gasteiger partial charge < -0.3 is 10.2 Å². The monoisotopic (exact) mass is 305 g/mol. The molecule has 0 aliphatic heterocycles. The SMILES string of the molecule is NNc1ccc(COc2c(F)c(F)c(F)c(F)c2F)cn1. The number of nitrogens with zero attached hydrogens (tertiary/aromatic N) is 1. The topological polar surface area (TPSA) is 60.2 Å². The van der Waals surface area contributed by atoms with Crippen LogP contribution in [0.1, 0.15) is 5.56 Å². The Kier molecular flexibility index (Phi) is 4.22. The summed E-state index contributed by atoms with van der Waals surface area (Å²) in [6.07, 6.45) is 1.27. The van der Waals surface area contributed by atoms with E-state index >= 15 is 0 Å². The molecule has 0 aliphatic carbocycles. The second-order valence-electron chi connectivity index (χ2n) is 3.88. The smallest absolute Gasteiger partial charge is 0.207 e. The predicted molar refractivity (Wildman–Crippen MR) is 62.6 cm³/mol. The van der Waals surface area contributed by atoms with Crippen LogP contribution in [-0.2, 0) is 6.61 Å². The Bertz CT molecular complexity index is 634. The lowest BCUT2D eigenvalue weighted by Crippen LogP contribution is -2.09. The third kappa shape index (κ3) is 2.87. The Morgan fingerprint density at radius 3 is 2.00 bits per heavy atom. The second kappa shape index (κ2) is 5.92. The number of rotatable bonds is 4. The summed E-state index contributed by atoms with van der Waals surface area (Å²) in [5.41, 5.74) is 2.60. The number of pyridine rings is 1. The van der Waals surface area contributed by atoms with Crippen molar-refractivity contribution in [2.24, 2.45) is 5.84 Å². The summed E-state index contributed by atoms with van der Waals surface area (Å²) in [6, 6.07) is 2.89. The molecule has 2 rings (SSSR count). The Hall–Kier alpha value is -2.42. The standard InChI is InChI=1S/C12H8F5N3O/c13-7-8(14)10(16)12(11(17)9(7)15)21-4-5-1-2-6(20-18)19-3-5/h1-3H,4,18H2,(H,19,20). The van der Waals surface area contributed by atoms with Crippen LogP contribution in [-0.4, -0.2) is 4.98 Å². The van der Waals surface area contributed by atoms with Gasteiger partial charge in [0, 0.05) is 11.8 Å². The molecule has 0 aliphatic rings. The highest BCUT2D eigenvalue weighted by Gasteiger charge is 2.26. The van der Waals surface area contributed by atoms with E-state index < -0.39 is 41.4 Å². The maximum atomic E-state index is 13.3. The van der Waals surface area contributed by atoms with Gasteiger partial charge in [-0.3, -0.25) is 0 Å². The number of benzene rings is 1. The molecular weight excluding hydrogens is 297 g/mol. The molecule has 1 aromatic heterocycles. The van der Waals surface area contributed by atoms with Gasteiger partial charge in [0.2, 0.25) is 29.1 Å².